The molecule has 1 heterocycles. The van der Waals surface area contributed by atoms with Crippen LogP contribution in [0.5, 0.6) is 0 Å². The quantitative estimate of drug-likeness (QED) is 0.723. The maximum atomic E-state index is 5.78. The van der Waals surface area contributed by atoms with Crippen LogP contribution < -0.4 is 5.73 Å². The van der Waals surface area contributed by atoms with E-state index in [-0.39, 0.29) is 6.04 Å². The first kappa shape index (κ1) is 8.75. The van der Waals surface area contributed by atoms with Crippen LogP contribution in [0.1, 0.15) is 29.5 Å². The fourth-order valence-electron chi connectivity index (χ4n) is 0.957. The molecule has 0 saturated carbocycles. The smallest absolute Gasteiger partial charge is 0.00915 e. The van der Waals surface area contributed by atoms with Crippen molar-refractivity contribution in [3.63, 3.8) is 0 Å². The van der Waals surface area contributed by atoms with E-state index in [0.717, 1.165) is 0 Å². The van der Waals surface area contributed by atoms with Gasteiger partial charge in [-0.3, -0.25) is 0 Å². The highest BCUT2D eigenvalue weighted by atomic mass is 32.1. The van der Waals surface area contributed by atoms with Crippen LogP contribution >= 0.6 is 11.3 Å². The Kier molecular flexibility index (Phi) is 2.68. The Morgan fingerprint density at radius 1 is 1.36 bits per heavy atom. The molecule has 1 rings (SSSR count). The van der Waals surface area contributed by atoms with Gasteiger partial charge in [0.15, 0.2) is 0 Å². The van der Waals surface area contributed by atoms with E-state index in [2.05, 4.69) is 32.9 Å². The standard InChI is InChI=1S/C9H15NS/c1-6-4-5-9(11-6)7(2)8(3)10/h4-5,7-8H,10H2,1-3H3. The zero-order chi connectivity index (χ0) is 8.43. The third-order valence-corrected chi connectivity index (χ3v) is 3.20. The minimum atomic E-state index is 0.257. The highest BCUT2D eigenvalue weighted by Gasteiger charge is 2.11. The Balaban J connectivity index is 2.76. The molecule has 2 N–H and O–H groups in total. The molecule has 0 aliphatic rings. The Hall–Kier alpha value is -0.340. The summed E-state index contributed by atoms with van der Waals surface area (Å²) in [5.74, 6) is 0.494. The zero-order valence-electron chi connectivity index (χ0n) is 7.29. The zero-order valence-corrected chi connectivity index (χ0v) is 8.11. The van der Waals surface area contributed by atoms with Gasteiger partial charge in [0.25, 0.3) is 0 Å². The van der Waals surface area contributed by atoms with Crippen molar-refractivity contribution in [3.8, 4) is 0 Å². The van der Waals surface area contributed by atoms with E-state index in [1.807, 2.05) is 11.3 Å². The summed E-state index contributed by atoms with van der Waals surface area (Å²) in [6, 6.07) is 4.58. The molecule has 0 radical (unpaired) electrons. The number of nitrogens with two attached hydrogens (primary N) is 1. The molecular weight excluding hydrogens is 154 g/mol. The molecular formula is C9H15NS. The van der Waals surface area contributed by atoms with E-state index in [0.29, 0.717) is 5.92 Å². The molecule has 11 heavy (non-hydrogen) atoms. The van der Waals surface area contributed by atoms with Gasteiger partial charge < -0.3 is 5.73 Å². The molecule has 2 heteroatoms. The van der Waals surface area contributed by atoms with E-state index in [1.165, 1.54) is 9.75 Å². The molecule has 0 amide bonds. The molecule has 1 nitrogen and oxygen atoms in total. The van der Waals surface area contributed by atoms with Crippen molar-refractivity contribution in [2.75, 3.05) is 0 Å². The number of thiophene rings is 1. The van der Waals surface area contributed by atoms with Crippen molar-refractivity contribution >= 4 is 11.3 Å². The van der Waals surface area contributed by atoms with Crippen molar-refractivity contribution in [2.24, 2.45) is 5.73 Å². The van der Waals surface area contributed by atoms with E-state index >= 15 is 0 Å². The Morgan fingerprint density at radius 2 is 2.00 bits per heavy atom. The van der Waals surface area contributed by atoms with Crippen molar-refractivity contribution in [3.05, 3.63) is 21.9 Å². The highest BCUT2D eigenvalue weighted by molar-refractivity contribution is 7.12. The van der Waals surface area contributed by atoms with Crippen LogP contribution in [0.15, 0.2) is 12.1 Å². The van der Waals surface area contributed by atoms with Crippen molar-refractivity contribution < 1.29 is 0 Å². The molecule has 2 atom stereocenters. The second-order valence-electron chi connectivity index (χ2n) is 3.10. The van der Waals surface area contributed by atoms with Crippen LogP contribution in [-0.4, -0.2) is 6.04 Å². The highest BCUT2D eigenvalue weighted by Crippen LogP contribution is 2.25. The lowest BCUT2D eigenvalue weighted by atomic mass is 10.0. The van der Waals surface area contributed by atoms with E-state index in [9.17, 15) is 0 Å². The maximum Gasteiger partial charge on any atom is 0.00915 e. The fraction of sp³-hybridized carbons (Fsp3) is 0.556. The minimum absolute atomic E-state index is 0.257. The predicted molar refractivity (Wildman–Crippen MR) is 51.1 cm³/mol. The largest absolute Gasteiger partial charge is 0.327 e. The normalized spacial score (nSPS) is 16.4. The Labute approximate surface area is 72.2 Å². The molecule has 62 valence electrons. The number of aryl methyl sites for hydroxylation is 1. The van der Waals surface area contributed by atoms with Crippen LogP contribution in [0, 0.1) is 6.92 Å². The van der Waals surface area contributed by atoms with Gasteiger partial charge in [-0.15, -0.1) is 11.3 Å². The third-order valence-electron chi connectivity index (χ3n) is 2.00. The lowest BCUT2D eigenvalue weighted by Gasteiger charge is -2.12. The third kappa shape index (κ3) is 2.04. The fourth-order valence-corrected chi connectivity index (χ4v) is 2.00. The summed E-state index contributed by atoms with van der Waals surface area (Å²) in [5.41, 5.74) is 5.78. The molecule has 2 unspecified atom stereocenters. The number of hydrogen-bond acceptors (Lipinski definition) is 2. The monoisotopic (exact) mass is 169 g/mol. The lowest BCUT2D eigenvalue weighted by molar-refractivity contribution is 0.622. The van der Waals surface area contributed by atoms with Crippen molar-refractivity contribution in [2.45, 2.75) is 32.7 Å². The molecule has 0 aliphatic heterocycles. The van der Waals surface area contributed by atoms with Gasteiger partial charge in [0.1, 0.15) is 0 Å². The Bertz CT molecular complexity index is 227. The molecule has 0 bridgehead atoms. The lowest BCUT2D eigenvalue weighted by Crippen LogP contribution is -2.21. The van der Waals surface area contributed by atoms with Gasteiger partial charge in [0.05, 0.1) is 0 Å². The van der Waals surface area contributed by atoms with Crippen molar-refractivity contribution in [1.82, 2.24) is 0 Å². The van der Waals surface area contributed by atoms with Gasteiger partial charge in [0, 0.05) is 21.7 Å². The maximum absolute atomic E-state index is 5.78. The van der Waals surface area contributed by atoms with Crippen LogP contribution in [0.3, 0.4) is 0 Å². The Morgan fingerprint density at radius 3 is 2.36 bits per heavy atom. The summed E-state index contributed by atoms with van der Waals surface area (Å²) >= 11 is 1.84. The molecule has 1 aromatic rings. The second-order valence-corrected chi connectivity index (χ2v) is 4.42. The molecule has 1 aromatic heterocycles. The topological polar surface area (TPSA) is 26.0 Å². The molecule has 0 aromatic carbocycles. The van der Waals surface area contributed by atoms with E-state index < -0.39 is 0 Å². The summed E-state index contributed by atoms with van der Waals surface area (Å²) < 4.78 is 0. The number of rotatable bonds is 2. The minimum Gasteiger partial charge on any atom is -0.327 e. The van der Waals surface area contributed by atoms with Gasteiger partial charge >= 0.3 is 0 Å². The predicted octanol–water partition coefficient (Wildman–Crippen LogP) is 2.51. The first-order chi connectivity index (χ1) is 5.11. The summed E-state index contributed by atoms with van der Waals surface area (Å²) in [4.78, 5) is 2.77. The first-order valence-corrected chi connectivity index (χ1v) is 4.75. The molecule has 0 spiro atoms. The second kappa shape index (κ2) is 3.37. The average Bonchev–Trinajstić information content (AvgIpc) is 2.34. The van der Waals surface area contributed by atoms with Crippen LogP contribution in [0.4, 0.5) is 0 Å². The average molecular weight is 169 g/mol. The van der Waals surface area contributed by atoms with E-state index in [1.54, 1.807) is 0 Å². The van der Waals surface area contributed by atoms with Gasteiger partial charge in [-0.05, 0) is 26.0 Å². The van der Waals surface area contributed by atoms with Crippen molar-refractivity contribution in [1.29, 1.82) is 0 Å². The van der Waals surface area contributed by atoms with Crippen LogP contribution in [-0.2, 0) is 0 Å². The molecule has 0 saturated heterocycles. The van der Waals surface area contributed by atoms with Gasteiger partial charge in [-0.25, -0.2) is 0 Å². The molecule has 0 aliphatic carbocycles. The van der Waals surface area contributed by atoms with Gasteiger partial charge in [0.2, 0.25) is 0 Å². The SMILES string of the molecule is Cc1ccc(C(C)C(C)N)s1. The summed E-state index contributed by atoms with van der Waals surface area (Å²) in [7, 11) is 0. The van der Waals surface area contributed by atoms with Gasteiger partial charge in [-0.2, -0.15) is 0 Å². The summed E-state index contributed by atoms with van der Waals surface area (Å²) in [6.45, 7) is 6.36. The first-order valence-electron chi connectivity index (χ1n) is 3.93. The summed E-state index contributed by atoms with van der Waals surface area (Å²) in [6.07, 6.45) is 0. The van der Waals surface area contributed by atoms with E-state index in [4.69, 9.17) is 5.73 Å². The summed E-state index contributed by atoms with van der Waals surface area (Å²) in [5, 5.41) is 0. The van der Waals surface area contributed by atoms with Crippen LogP contribution in [0.25, 0.3) is 0 Å². The van der Waals surface area contributed by atoms with Gasteiger partial charge in [-0.1, -0.05) is 6.92 Å². The number of hydrogen-bond donors (Lipinski definition) is 1. The molecule has 0 fully saturated rings. The van der Waals surface area contributed by atoms with Crippen LogP contribution in [0.2, 0.25) is 0 Å².